The summed E-state index contributed by atoms with van der Waals surface area (Å²) in [5, 5.41) is 0. The molecule has 3 aromatic rings. The zero-order valence-corrected chi connectivity index (χ0v) is 74.0. The van der Waals surface area contributed by atoms with Crippen molar-refractivity contribution in [1.82, 2.24) is 19.6 Å². The first-order chi connectivity index (χ1) is 43.3. The third kappa shape index (κ3) is 35.5. The van der Waals surface area contributed by atoms with Crippen molar-refractivity contribution in [2.24, 2.45) is 36.6 Å². The average molecular weight is 1370 g/mol. The van der Waals surface area contributed by atoms with Gasteiger partial charge in [0.05, 0.1) is 153 Å². The standard InChI is InChI=1S/C19H15.C12H26N.C11H18N.C10H22N.C8H16N2.C7H18N3.C4H12N.C4H12P.C3H9S.3C2H6/c1-4-10-16(11-5-1)19(17-12-6-2-7-13-17)18-14-8-3-9-15-18;1-8-9(2)11(4)13(6,7)12(5)10(8)3;1-7-8(2)10(4)12(6)11(5)9(7)3;1-7-8(2)10(4)11(5,6)9(7)3;1-6-7(2)10(5)8(3)9(6)4;1-8(2)7(9(3)4)10(5)6;2*1-5(2,3)4;1-4(2)3;3*1-2/h1-15H;8-12H,1-7H3;1-6H3;7-10H,1-6H3;8H,1-5H3;1-6H3;2*1-4H3;1-3H3;3*1-2H3/q4*+1;;4*+1;;;. The lowest BCUT2D eigenvalue weighted by molar-refractivity contribution is -0.949. The molecule has 4 heterocycles. The van der Waals surface area contributed by atoms with Crippen LogP contribution in [-0.4, -0.2) is 232 Å². The van der Waals surface area contributed by atoms with Gasteiger partial charge in [0.2, 0.25) is 0 Å². The monoisotopic (exact) mass is 1360 g/mol. The summed E-state index contributed by atoms with van der Waals surface area (Å²) in [5.74, 6) is 5.51. The number of quaternary nitrogens is 3. The normalized spacial score (nSPS) is 21.6. The molecule has 0 amide bonds. The molecule has 550 valence electrons. The summed E-state index contributed by atoms with van der Waals surface area (Å²) in [6, 6.07) is 24.3. The minimum absolute atomic E-state index is 0.389. The van der Waals surface area contributed by atoms with Crippen molar-refractivity contribution >= 4 is 29.7 Å². The van der Waals surface area contributed by atoms with Crippen LogP contribution in [0.3, 0.4) is 0 Å². The van der Waals surface area contributed by atoms with E-state index < -0.39 is 0 Å². The predicted molar refractivity (Wildman–Crippen MR) is 442 cm³/mol. The van der Waals surface area contributed by atoms with E-state index in [0.29, 0.717) is 17.1 Å². The molecule has 2 saturated heterocycles. The van der Waals surface area contributed by atoms with Crippen molar-refractivity contribution < 1.29 is 22.6 Å². The van der Waals surface area contributed by atoms with E-state index in [2.05, 4.69) is 361 Å². The molecule has 0 N–H and O–H groups in total. The highest BCUT2D eigenvalue weighted by molar-refractivity contribution is 7.94. The van der Waals surface area contributed by atoms with E-state index in [1.807, 2.05) is 83.8 Å². The fourth-order valence-electron chi connectivity index (χ4n) is 11.8. The first kappa shape index (κ1) is 99.6. The zero-order valence-electron chi connectivity index (χ0n) is 72.3. The Bertz CT molecular complexity index is 2450. The van der Waals surface area contributed by atoms with Crippen LogP contribution in [0.25, 0.3) is 5.57 Å². The van der Waals surface area contributed by atoms with Crippen LogP contribution in [0.5, 0.6) is 0 Å². The molecule has 9 nitrogen and oxygen atoms in total. The van der Waals surface area contributed by atoms with Crippen LogP contribution < -0.4 is 4.57 Å². The number of piperidine rings is 1. The highest BCUT2D eigenvalue weighted by Gasteiger charge is 2.48. The molecule has 0 bridgehead atoms. The molecular weight excluding hydrogens is 1200 g/mol. The summed E-state index contributed by atoms with van der Waals surface area (Å²) in [5.41, 5.74) is 14.8. The summed E-state index contributed by atoms with van der Waals surface area (Å²) in [4.78, 5) is 8.74. The molecule has 2 aromatic carbocycles. The van der Waals surface area contributed by atoms with Gasteiger partial charge in [-0.15, -0.1) is 0 Å². The number of guanidine groups is 1. The van der Waals surface area contributed by atoms with E-state index in [1.54, 1.807) is 0 Å². The maximum atomic E-state index is 2.42. The fraction of sp³-hybridized carbons (Fsp3) is 0.679. The topological polar surface area (TPSA) is 19.9 Å². The van der Waals surface area contributed by atoms with Gasteiger partial charge in [-0.2, -0.15) is 0 Å². The molecule has 8 atom stereocenters. The highest BCUT2D eigenvalue weighted by atomic mass is 32.2. The molecule has 95 heavy (non-hydrogen) atoms. The number of rotatable bonds is 2. The number of pyridine rings is 1. The van der Waals surface area contributed by atoms with Crippen molar-refractivity contribution in [3.05, 3.63) is 148 Å². The third-order valence-electron chi connectivity index (χ3n) is 20.0. The second-order valence-corrected chi connectivity index (χ2v) is 39.0. The number of aromatic nitrogens is 1. The quantitative estimate of drug-likeness (QED) is 0.0484. The Balaban J connectivity index is -0.000000326. The predicted octanol–water partition coefficient (Wildman–Crippen LogP) is 18.4. The number of allylic oxidation sites excluding steroid dienone is 7. The van der Waals surface area contributed by atoms with Crippen molar-refractivity contribution in [3.8, 4) is 0 Å². The molecule has 0 spiro atoms. The summed E-state index contributed by atoms with van der Waals surface area (Å²) in [7, 11) is 36.8. The number of hydrogen-bond acceptors (Lipinski definition) is 2. The van der Waals surface area contributed by atoms with Gasteiger partial charge in [0.1, 0.15) is 12.6 Å². The summed E-state index contributed by atoms with van der Waals surface area (Å²) < 4.78 is 7.73. The maximum Gasteiger partial charge on any atom is 0.349 e. The van der Waals surface area contributed by atoms with Gasteiger partial charge in [-0.25, -0.2) is 4.57 Å². The van der Waals surface area contributed by atoms with E-state index in [-0.39, 0.29) is 7.26 Å². The van der Waals surface area contributed by atoms with Crippen LogP contribution >= 0.6 is 7.26 Å². The van der Waals surface area contributed by atoms with Gasteiger partial charge in [0.15, 0.2) is 11.4 Å². The number of benzene rings is 2. The average Bonchev–Trinajstić information content (AvgIpc) is 1.36. The van der Waals surface area contributed by atoms with Crippen molar-refractivity contribution in [2.75, 3.05) is 158 Å². The van der Waals surface area contributed by atoms with E-state index in [4.69, 9.17) is 0 Å². The zero-order chi connectivity index (χ0) is 76.3. The van der Waals surface area contributed by atoms with Crippen LogP contribution in [0.2, 0.25) is 0 Å². The van der Waals surface area contributed by atoms with Crippen LogP contribution in [-0.2, 0) is 17.9 Å². The summed E-state index contributed by atoms with van der Waals surface area (Å²) in [6.07, 6.45) is 17.7. The van der Waals surface area contributed by atoms with Crippen LogP contribution in [0.15, 0.2) is 102 Å². The van der Waals surface area contributed by atoms with Crippen LogP contribution in [0.1, 0.15) is 164 Å². The molecule has 0 radical (unpaired) electrons. The van der Waals surface area contributed by atoms with E-state index in [1.165, 1.54) is 76.7 Å². The summed E-state index contributed by atoms with van der Waals surface area (Å²) in [6.45, 7) is 60.3. The fourth-order valence-corrected chi connectivity index (χ4v) is 11.8. The Morgan fingerprint density at radius 2 is 0.779 bits per heavy atom. The molecule has 11 heteroatoms. The molecule has 7 rings (SSSR count). The van der Waals surface area contributed by atoms with Crippen LogP contribution in [0, 0.1) is 70.6 Å². The van der Waals surface area contributed by atoms with Crippen LogP contribution in [0.4, 0.5) is 0 Å². The first-order valence-corrected chi connectivity index (χ1v) is 42.1. The molecule has 1 aromatic heterocycles. The van der Waals surface area contributed by atoms with Gasteiger partial charge in [0.25, 0.3) is 0 Å². The largest absolute Gasteiger partial charge is 0.357 e. The van der Waals surface area contributed by atoms with Crippen molar-refractivity contribution in [3.63, 3.8) is 0 Å². The molecule has 1 aliphatic carbocycles. The lowest BCUT2D eigenvalue weighted by atomic mass is 9.72. The van der Waals surface area contributed by atoms with Crippen molar-refractivity contribution in [2.45, 2.75) is 190 Å². The lowest BCUT2D eigenvalue weighted by Crippen LogP contribution is -2.63. The molecular formula is C84H166N9PS+8. The Labute approximate surface area is 600 Å². The second kappa shape index (κ2) is 47.9. The van der Waals surface area contributed by atoms with Gasteiger partial charge in [-0.1, -0.05) is 113 Å². The van der Waals surface area contributed by atoms with Crippen molar-refractivity contribution in [1.29, 1.82) is 0 Å². The molecule has 3 aliphatic heterocycles. The van der Waals surface area contributed by atoms with Gasteiger partial charge in [-0.3, -0.25) is 14.4 Å². The Morgan fingerprint density at radius 1 is 0.516 bits per heavy atom. The minimum Gasteiger partial charge on any atom is -0.357 e. The van der Waals surface area contributed by atoms with Gasteiger partial charge in [0, 0.05) is 150 Å². The molecule has 2 fully saturated rings. The number of nitrogens with zero attached hydrogens (tertiary/aromatic N) is 9. The van der Waals surface area contributed by atoms with E-state index in [9.17, 15) is 0 Å². The minimum atomic E-state index is -0.389. The molecule has 4 aliphatic rings. The first-order valence-electron chi connectivity index (χ1n) is 36.1. The number of likely N-dealkylation sites (tertiary alicyclic amines) is 2. The van der Waals surface area contributed by atoms with E-state index >= 15 is 0 Å². The smallest absolute Gasteiger partial charge is 0.349 e. The van der Waals surface area contributed by atoms with Gasteiger partial charge < -0.3 is 23.2 Å². The number of hydrogen-bond donors (Lipinski definition) is 0. The molecule has 0 saturated carbocycles. The third-order valence-corrected chi connectivity index (χ3v) is 20.0. The highest BCUT2D eigenvalue weighted by Crippen LogP contribution is 2.41. The van der Waals surface area contributed by atoms with Gasteiger partial charge >= 0.3 is 5.96 Å². The summed E-state index contributed by atoms with van der Waals surface area (Å²) >= 11 is 0. The Hall–Kier alpha value is -4.05. The SMILES string of the molecule is C1=C[CH+]C(=C(c2ccccc2)c2ccccc2)C=C1.CC.CC.CC.CC1=C(C)N(C)C(C)N1C.CC1C(C)C(C)[N+](C)(C)C(C)C1C.CC1C(C)C(C)[N+](C)(C)C1C.CN(C)C(N(C)C)=[N+](C)C.C[N+](C)(C)C.C[P+](C)(C)C.C[S+](C)C.Cc1c(C)c(C)[n+](C)c(C)c1C. The second-order valence-electron chi connectivity index (χ2n) is 31.2. The Kier molecular flexibility index (Phi) is 50.2. The maximum absolute atomic E-state index is 2.42. The Morgan fingerprint density at radius 3 is 0.968 bits per heavy atom. The van der Waals surface area contributed by atoms with Gasteiger partial charge in [-0.05, 0) is 116 Å². The van der Waals surface area contributed by atoms with E-state index in [0.717, 1.165) is 58.2 Å². The lowest BCUT2D eigenvalue weighted by Gasteiger charge is -2.53. The molecule has 8 unspecified atom stereocenters.